The first-order chi connectivity index (χ1) is 7.67. The van der Waals surface area contributed by atoms with Gasteiger partial charge in [0.2, 0.25) is 0 Å². The van der Waals surface area contributed by atoms with E-state index < -0.39 is 12.0 Å². The molecule has 0 fully saturated rings. The van der Waals surface area contributed by atoms with Crippen LogP contribution in [0.4, 0.5) is 0 Å². The average Bonchev–Trinajstić information content (AvgIpc) is 2.71. The fourth-order valence-corrected chi connectivity index (χ4v) is 2.22. The van der Waals surface area contributed by atoms with Crippen molar-refractivity contribution >= 4 is 17.3 Å². The van der Waals surface area contributed by atoms with E-state index in [4.69, 9.17) is 9.84 Å². The van der Waals surface area contributed by atoms with E-state index in [1.165, 1.54) is 12.0 Å². The summed E-state index contributed by atoms with van der Waals surface area (Å²) in [6.07, 6.45) is 1.02. The summed E-state index contributed by atoms with van der Waals surface area (Å²) in [7, 11) is 1.50. The van der Waals surface area contributed by atoms with Gasteiger partial charge in [0, 0.05) is 23.4 Å². The fourth-order valence-electron chi connectivity index (χ4n) is 1.32. The third kappa shape index (κ3) is 3.92. The van der Waals surface area contributed by atoms with E-state index in [9.17, 15) is 4.79 Å². The standard InChI is InChI=1S/C11H17NO3S/c1-3-8-4-5-9(16-8)6-12-10(7-15-2)11(13)14/h4-5,10,12H,3,6-7H2,1-2H3,(H,13,14). The molecular weight excluding hydrogens is 226 g/mol. The first-order valence-electron chi connectivity index (χ1n) is 5.20. The molecule has 0 radical (unpaired) electrons. The summed E-state index contributed by atoms with van der Waals surface area (Å²) in [5.74, 6) is -0.880. The maximum atomic E-state index is 10.8. The molecule has 1 aromatic rings. The number of carboxylic acids is 1. The zero-order valence-electron chi connectivity index (χ0n) is 9.53. The number of aryl methyl sites for hydroxylation is 1. The molecule has 0 aliphatic rings. The lowest BCUT2D eigenvalue weighted by Crippen LogP contribution is -2.39. The van der Waals surface area contributed by atoms with Crippen LogP contribution in [0.1, 0.15) is 16.7 Å². The first kappa shape index (κ1) is 13.2. The van der Waals surface area contributed by atoms with Crippen LogP contribution in [0.5, 0.6) is 0 Å². The Labute approximate surface area is 99.2 Å². The average molecular weight is 243 g/mol. The van der Waals surface area contributed by atoms with Gasteiger partial charge < -0.3 is 9.84 Å². The second-order valence-corrected chi connectivity index (χ2v) is 4.70. The van der Waals surface area contributed by atoms with Gasteiger partial charge >= 0.3 is 5.97 Å². The van der Waals surface area contributed by atoms with Gasteiger partial charge in [0.15, 0.2) is 0 Å². The molecule has 4 nitrogen and oxygen atoms in total. The van der Waals surface area contributed by atoms with Crippen molar-refractivity contribution < 1.29 is 14.6 Å². The molecule has 5 heteroatoms. The van der Waals surface area contributed by atoms with Gasteiger partial charge in [0.25, 0.3) is 0 Å². The Kier molecular flexibility index (Phi) is 5.45. The largest absolute Gasteiger partial charge is 0.480 e. The molecule has 0 aliphatic carbocycles. The summed E-state index contributed by atoms with van der Waals surface area (Å²) in [4.78, 5) is 13.3. The van der Waals surface area contributed by atoms with Gasteiger partial charge in [0.05, 0.1) is 6.61 Å². The van der Waals surface area contributed by atoms with Crippen LogP contribution in [0.25, 0.3) is 0 Å². The number of aliphatic carboxylic acids is 1. The summed E-state index contributed by atoms with van der Waals surface area (Å²) in [6.45, 7) is 2.86. The summed E-state index contributed by atoms with van der Waals surface area (Å²) in [5, 5.41) is 11.9. The van der Waals surface area contributed by atoms with Gasteiger partial charge in [0.1, 0.15) is 6.04 Å². The monoisotopic (exact) mass is 243 g/mol. The van der Waals surface area contributed by atoms with Crippen LogP contribution >= 0.6 is 11.3 Å². The Morgan fingerprint density at radius 3 is 2.75 bits per heavy atom. The zero-order chi connectivity index (χ0) is 12.0. The zero-order valence-corrected chi connectivity index (χ0v) is 10.3. The van der Waals surface area contributed by atoms with Crippen LogP contribution in [-0.4, -0.2) is 30.8 Å². The molecule has 0 saturated heterocycles. The van der Waals surface area contributed by atoms with Gasteiger partial charge in [-0.15, -0.1) is 11.3 Å². The number of nitrogens with one attached hydrogen (secondary N) is 1. The Morgan fingerprint density at radius 1 is 1.56 bits per heavy atom. The minimum atomic E-state index is -0.880. The summed E-state index contributed by atoms with van der Waals surface area (Å²) in [6, 6.07) is 3.47. The highest BCUT2D eigenvalue weighted by Crippen LogP contribution is 2.16. The molecule has 0 aliphatic heterocycles. The maximum absolute atomic E-state index is 10.8. The van der Waals surface area contributed by atoms with Crippen molar-refractivity contribution in [3.63, 3.8) is 0 Å². The number of hydrogen-bond acceptors (Lipinski definition) is 4. The maximum Gasteiger partial charge on any atom is 0.323 e. The third-order valence-corrected chi connectivity index (χ3v) is 3.45. The first-order valence-corrected chi connectivity index (χ1v) is 6.01. The lowest BCUT2D eigenvalue weighted by atomic mass is 10.3. The molecule has 0 bridgehead atoms. The highest BCUT2D eigenvalue weighted by Gasteiger charge is 2.16. The highest BCUT2D eigenvalue weighted by atomic mass is 32.1. The molecule has 1 atom stereocenters. The second-order valence-electron chi connectivity index (χ2n) is 3.45. The Hall–Kier alpha value is -0.910. The van der Waals surface area contributed by atoms with E-state index in [2.05, 4.69) is 18.3 Å². The van der Waals surface area contributed by atoms with Crippen molar-refractivity contribution in [3.8, 4) is 0 Å². The quantitative estimate of drug-likeness (QED) is 0.762. The topological polar surface area (TPSA) is 58.6 Å². The molecule has 1 aromatic heterocycles. The van der Waals surface area contributed by atoms with Crippen LogP contribution in [0, 0.1) is 0 Å². The predicted octanol–water partition coefficient (Wildman–Crippen LogP) is 1.50. The lowest BCUT2D eigenvalue weighted by Gasteiger charge is -2.12. The SMILES string of the molecule is CCc1ccc(CNC(COC)C(=O)O)s1. The number of thiophene rings is 1. The normalized spacial score (nSPS) is 12.6. The molecule has 1 rings (SSSR count). The molecule has 0 saturated carbocycles. The van der Waals surface area contributed by atoms with E-state index in [0.29, 0.717) is 6.54 Å². The van der Waals surface area contributed by atoms with Crippen molar-refractivity contribution in [2.75, 3.05) is 13.7 Å². The van der Waals surface area contributed by atoms with Crippen molar-refractivity contribution in [2.45, 2.75) is 25.9 Å². The van der Waals surface area contributed by atoms with Gasteiger partial charge in [-0.3, -0.25) is 10.1 Å². The van der Waals surface area contributed by atoms with Crippen molar-refractivity contribution in [1.82, 2.24) is 5.32 Å². The molecule has 0 aromatic carbocycles. The highest BCUT2D eigenvalue weighted by molar-refractivity contribution is 7.11. The fraction of sp³-hybridized carbons (Fsp3) is 0.545. The number of rotatable bonds is 7. The number of hydrogen-bond donors (Lipinski definition) is 2. The summed E-state index contributed by atoms with van der Waals surface area (Å²) < 4.78 is 4.84. The number of ether oxygens (including phenoxy) is 1. The molecule has 0 spiro atoms. The van der Waals surface area contributed by atoms with Gasteiger partial charge in [-0.1, -0.05) is 6.92 Å². The Morgan fingerprint density at radius 2 is 2.25 bits per heavy atom. The van der Waals surface area contributed by atoms with Crippen molar-refractivity contribution in [1.29, 1.82) is 0 Å². The molecule has 1 unspecified atom stereocenters. The van der Waals surface area contributed by atoms with Crippen LogP contribution in [0.2, 0.25) is 0 Å². The molecule has 1 heterocycles. The van der Waals surface area contributed by atoms with Crippen molar-refractivity contribution in [3.05, 3.63) is 21.9 Å². The van der Waals surface area contributed by atoms with E-state index >= 15 is 0 Å². The second kappa shape index (κ2) is 6.62. The smallest absolute Gasteiger partial charge is 0.323 e. The molecule has 90 valence electrons. The lowest BCUT2D eigenvalue weighted by molar-refractivity contribution is -0.140. The molecule has 16 heavy (non-hydrogen) atoms. The van der Waals surface area contributed by atoms with Crippen LogP contribution in [-0.2, 0) is 22.5 Å². The third-order valence-electron chi connectivity index (χ3n) is 2.22. The minimum absolute atomic E-state index is 0.182. The summed E-state index contributed by atoms with van der Waals surface area (Å²) >= 11 is 1.71. The van der Waals surface area contributed by atoms with Crippen LogP contribution in [0.3, 0.4) is 0 Å². The Balaban J connectivity index is 2.45. The van der Waals surface area contributed by atoms with Crippen molar-refractivity contribution in [2.24, 2.45) is 0 Å². The van der Waals surface area contributed by atoms with Gasteiger partial charge in [-0.25, -0.2) is 0 Å². The van der Waals surface area contributed by atoms with Gasteiger partial charge in [-0.05, 0) is 18.6 Å². The van der Waals surface area contributed by atoms with E-state index in [1.54, 1.807) is 11.3 Å². The van der Waals surface area contributed by atoms with E-state index in [0.717, 1.165) is 11.3 Å². The number of carboxylic acid groups (broad SMARTS) is 1. The van der Waals surface area contributed by atoms with Gasteiger partial charge in [-0.2, -0.15) is 0 Å². The van der Waals surface area contributed by atoms with E-state index in [1.807, 2.05) is 6.07 Å². The number of methoxy groups -OCH3 is 1. The minimum Gasteiger partial charge on any atom is -0.480 e. The Bertz CT molecular complexity index is 338. The molecule has 2 N–H and O–H groups in total. The number of carbonyl (C=O) groups is 1. The van der Waals surface area contributed by atoms with Crippen LogP contribution < -0.4 is 5.32 Å². The summed E-state index contributed by atoms with van der Waals surface area (Å²) in [5.41, 5.74) is 0. The van der Waals surface area contributed by atoms with Crippen LogP contribution in [0.15, 0.2) is 12.1 Å². The molecule has 0 amide bonds. The molecular formula is C11H17NO3S. The predicted molar refractivity (Wildman–Crippen MR) is 63.8 cm³/mol. The van der Waals surface area contributed by atoms with E-state index in [-0.39, 0.29) is 6.61 Å².